The fraction of sp³-hybridized carbons (Fsp3) is 0.613. The van der Waals surface area contributed by atoms with Crippen LogP contribution in [0.25, 0.3) is 10.8 Å². The predicted octanol–water partition coefficient (Wildman–Crippen LogP) is 2.79. The maximum absolute atomic E-state index is 13.0. The van der Waals surface area contributed by atoms with Gasteiger partial charge in [0.05, 0.1) is 35.4 Å². The quantitative estimate of drug-likeness (QED) is 0.322. The second-order valence-electron chi connectivity index (χ2n) is 12.0. The molecule has 2 aromatic carbocycles. The van der Waals surface area contributed by atoms with E-state index in [1.165, 1.54) is 6.92 Å². The standard InChI is InChI=1S/C31H40O11/c1-13(32)5-6-17-7-18-9-19-10-22(14(2)28(35)27(19)31(38)26(18)20(33)8-17)41-25-12-23(30(37)16(4)40-25)42-24-11-21(34)29(36)15(3)39-24/h9-10,15-17,21,23-25,29-30,34-38H,5-8,11-12H2,1-4H3/t15?,16?,17-,21-,23-,24+,25+,29?,30?/m1/s1. The minimum absolute atomic E-state index is 0.0125. The summed E-state index contributed by atoms with van der Waals surface area (Å²) >= 11 is 0. The molecule has 2 fully saturated rings. The van der Waals surface area contributed by atoms with Crippen LogP contribution in [0.5, 0.6) is 17.2 Å². The van der Waals surface area contributed by atoms with Gasteiger partial charge in [-0.1, -0.05) is 0 Å². The summed E-state index contributed by atoms with van der Waals surface area (Å²) in [5.74, 6) is -0.354. The Bertz CT molecular complexity index is 1340. The van der Waals surface area contributed by atoms with Crippen LogP contribution < -0.4 is 4.74 Å². The average molecular weight is 589 g/mol. The highest BCUT2D eigenvalue weighted by molar-refractivity contribution is 6.09. The number of benzene rings is 2. The summed E-state index contributed by atoms with van der Waals surface area (Å²) in [5.41, 5.74) is 1.20. The van der Waals surface area contributed by atoms with Crippen molar-refractivity contribution in [2.24, 2.45) is 5.92 Å². The highest BCUT2D eigenvalue weighted by atomic mass is 16.7. The van der Waals surface area contributed by atoms with Crippen molar-refractivity contribution in [1.82, 2.24) is 0 Å². The lowest BCUT2D eigenvalue weighted by molar-refractivity contribution is -0.298. The van der Waals surface area contributed by atoms with Crippen molar-refractivity contribution in [3.8, 4) is 17.2 Å². The van der Waals surface area contributed by atoms with Gasteiger partial charge in [0.1, 0.15) is 35.2 Å². The SMILES string of the molecule is CC(=O)CC[C@H]1CC(=O)c2c(cc3cc(O[C@H]4C[C@@H](O[C@H]5C[C@@H](O)C(O)C(C)O5)C(O)C(C)O4)c(C)c(O)c3c2O)C1. The van der Waals surface area contributed by atoms with Crippen LogP contribution in [0.3, 0.4) is 0 Å². The minimum atomic E-state index is -1.03. The fourth-order valence-electron chi connectivity index (χ4n) is 6.28. The molecular formula is C31H40O11. The third kappa shape index (κ3) is 5.99. The van der Waals surface area contributed by atoms with Crippen LogP contribution in [0.4, 0.5) is 0 Å². The van der Waals surface area contributed by atoms with Crippen LogP contribution in [0.2, 0.25) is 0 Å². The minimum Gasteiger partial charge on any atom is -0.507 e. The Hall–Kier alpha value is -2.80. The van der Waals surface area contributed by atoms with Gasteiger partial charge >= 0.3 is 0 Å². The van der Waals surface area contributed by atoms with Gasteiger partial charge in [0.25, 0.3) is 0 Å². The molecule has 0 aromatic heterocycles. The van der Waals surface area contributed by atoms with E-state index >= 15 is 0 Å². The molecule has 2 aliphatic heterocycles. The molecule has 0 radical (unpaired) electrons. The zero-order chi connectivity index (χ0) is 30.5. The largest absolute Gasteiger partial charge is 0.507 e. The second kappa shape index (κ2) is 12.1. The van der Waals surface area contributed by atoms with Crippen molar-refractivity contribution < 1.29 is 54.1 Å². The first kappa shape index (κ1) is 30.7. The maximum Gasteiger partial charge on any atom is 0.202 e. The number of rotatable bonds is 7. The van der Waals surface area contributed by atoms with E-state index in [0.29, 0.717) is 41.5 Å². The molecule has 11 heteroatoms. The van der Waals surface area contributed by atoms with E-state index in [2.05, 4.69) is 0 Å². The third-order valence-electron chi connectivity index (χ3n) is 8.74. The van der Waals surface area contributed by atoms with Crippen LogP contribution in [0.15, 0.2) is 12.1 Å². The van der Waals surface area contributed by atoms with Gasteiger partial charge in [0.15, 0.2) is 12.1 Å². The zero-order valence-electron chi connectivity index (χ0n) is 24.3. The molecule has 3 aliphatic rings. The number of ether oxygens (including phenoxy) is 4. The Balaban J connectivity index is 1.38. The number of fused-ring (bicyclic) bond motifs is 2. The molecule has 11 nitrogen and oxygen atoms in total. The number of ketones is 2. The van der Waals surface area contributed by atoms with Crippen molar-refractivity contribution in [3.05, 3.63) is 28.8 Å². The van der Waals surface area contributed by atoms with E-state index in [9.17, 15) is 35.1 Å². The Morgan fingerprint density at radius 2 is 1.67 bits per heavy atom. The number of phenols is 2. The number of Topliss-reactive ketones (excluding diaryl/α,β-unsaturated/α-hetero) is 2. The molecular weight excluding hydrogens is 548 g/mol. The third-order valence-corrected chi connectivity index (χ3v) is 8.74. The molecule has 2 heterocycles. The van der Waals surface area contributed by atoms with Crippen molar-refractivity contribution in [2.45, 2.75) is 115 Å². The zero-order valence-corrected chi connectivity index (χ0v) is 24.3. The molecule has 1 aliphatic carbocycles. The summed E-state index contributed by atoms with van der Waals surface area (Å²) in [6.07, 6.45) is -4.97. The summed E-state index contributed by atoms with van der Waals surface area (Å²) in [5, 5.41) is 53.7. The van der Waals surface area contributed by atoms with Gasteiger partial charge in [-0.15, -0.1) is 0 Å². The van der Waals surface area contributed by atoms with E-state index in [0.717, 1.165) is 0 Å². The molecule has 5 N–H and O–H groups in total. The van der Waals surface area contributed by atoms with E-state index < -0.39 is 49.2 Å². The second-order valence-corrected chi connectivity index (χ2v) is 12.0. The fourth-order valence-corrected chi connectivity index (χ4v) is 6.28. The van der Waals surface area contributed by atoms with Gasteiger partial charge in [-0.2, -0.15) is 0 Å². The first-order valence-corrected chi connectivity index (χ1v) is 14.5. The molecule has 42 heavy (non-hydrogen) atoms. The monoisotopic (exact) mass is 588 g/mol. The van der Waals surface area contributed by atoms with Crippen molar-refractivity contribution >= 4 is 22.3 Å². The first-order valence-electron chi connectivity index (χ1n) is 14.5. The van der Waals surface area contributed by atoms with Gasteiger partial charge in [0, 0.05) is 31.2 Å². The van der Waals surface area contributed by atoms with E-state index in [1.807, 2.05) is 0 Å². The van der Waals surface area contributed by atoms with Crippen LogP contribution in [0.1, 0.15) is 74.4 Å². The number of aromatic hydroxyl groups is 2. The van der Waals surface area contributed by atoms with E-state index in [-0.39, 0.29) is 59.2 Å². The Morgan fingerprint density at radius 3 is 2.36 bits per heavy atom. The molecule has 9 atom stereocenters. The molecule has 0 spiro atoms. The van der Waals surface area contributed by atoms with Gasteiger partial charge in [0.2, 0.25) is 6.29 Å². The van der Waals surface area contributed by atoms with Crippen LogP contribution in [-0.4, -0.2) is 86.3 Å². The first-order chi connectivity index (χ1) is 19.8. The number of phenolic OH excluding ortho intramolecular Hbond substituents is 2. The average Bonchev–Trinajstić information content (AvgIpc) is 2.91. The molecule has 0 amide bonds. The maximum atomic E-state index is 13.0. The van der Waals surface area contributed by atoms with Gasteiger partial charge in [-0.05, 0) is 69.5 Å². The molecule has 5 rings (SSSR count). The van der Waals surface area contributed by atoms with Gasteiger partial charge in [-0.25, -0.2) is 0 Å². The van der Waals surface area contributed by atoms with E-state index in [1.54, 1.807) is 32.9 Å². The highest BCUT2D eigenvalue weighted by Gasteiger charge is 2.42. The number of hydrogen-bond donors (Lipinski definition) is 5. The van der Waals surface area contributed by atoms with Crippen molar-refractivity contribution in [2.75, 3.05) is 0 Å². The van der Waals surface area contributed by atoms with E-state index in [4.69, 9.17) is 18.9 Å². The van der Waals surface area contributed by atoms with Crippen LogP contribution >= 0.6 is 0 Å². The molecule has 230 valence electrons. The molecule has 0 bridgehead atoms. The lowest BCUT2D eigenvalue weighted by atomic mass is 9.79. The summed E-state index contributed by atoms with van der Waals surface area (Å²) in [6.45, 7) is 6.45. The lowest BCUT2D eigenvalue weighted by Gasteiger charge is -2.41. The lowest BCUT2D eigenvalue weighted by Crippen LogP contribution is -2.53. The summed E-state index contributed by atoms with van der Waals surface area (Å²) < 4.78 is 23.7. The molecule has 0 saturated carbocycles. The Kier molecular flexibility index (Phi) is 8.80. The molecule has 2 aromatic rings. The van der Waals surface area contributed by atoms with Crippen LogP contribution in [0, 0.1) is 12.8 Å². The van der Waals surface area contributed by atoms with Crippen molar-refractivity contribution in [3.63, 3.8) is 0 Å². The number of aliphatic hydroxyl groups excluding tert-OH is 3. The topological polar surface area (TPSA) is 172 Å². The Labute approximate surface area is 244 Å². The summed E-state index contributed by atoms with van der Waals surface area (Å²) in [7, 11) is 0. The van der Waals surface area contributed by atoms with Crippen molar-refractivity contribution in [1.29, 1.82) is 0 Å². The highest BCUT2D eigenvalue weighted by Crippen LogP contribution is 2.46. The molecule has 2 saturated heterocycles. The number of hydrogen-bond acceptors (Lipinski definition) is 11. The number of aliphatic hydroxyl groups is 3. The Morgan fingerprint density at radius 1 is 0.976 bits per heavy atom. The summed E-state index contributed by atoms with van der Waals surface area (Å²) in [4.78, 5) is 24.5. The molecule has 4 unspecified atom stereocenters. The summed E-state index contributed by atoms with van der Waals surface area (Å²) in [6, 6.07) is 3.45. The van der Waals surface area contributed by atoms with Gasteiger partial charge in [-0.3, -0.25) is 4.79 Å². The van der Waals surface area contributed by atoms with Crippen LogP contribution in [-0.2, 0) is 25.4 Å². The smallest absolute Gasteiger partial charge is 0.202 e. The number of carbonyl (C=O) groups is 2. The normalized spacial score (nSPS) is 33.4. The number of carbonyl (C=O) groups excluding carboxylic acids is 2. The predicted molar refractivity (Wildman–Crippen MR) is 149 cm³/mol. The van der Waals surface area contributed by atoms with Gasteiger partial charge < -0.3 is 49.3 Å².